The number of aryl methyl sites for hydroxylation is 1. The highest BCUT2D eigenvalue weighted by Gasteiger charge is 2.29. The highest BCUT2D eigenvalue weighted by molar-refractivity contribution is 6.91. The zero-order valence-corrected chi connectivity index (χ0v) is 18.5. The van der Waals surface area contributed by atoms with Crippen LogP contribution in [0.5, 0.6) is 0 Å². The van der Waals surface area contributed by atoms with Crippen LogP contribution in [0.4, 0.5) is 0 Å². The van der Waals surface area contributed by atoms with E-state index in [4.69, 9.17) is 0 Å². The molecule has 0 fully saturated rings. The molecule has 1 radical (unpaired) electrons. The van der Waals surface area contributed by atoms with Crippen LogP contribution in [-0.4, -0.2) is 8.80 Å². The Kier molecular flexibility index (Phi) is 6.26. The molecule has 0 saturated carbocycles. The molecule has 3 aromatic rings. The second-order valence-corrected chi connectivity index (χ2v) is 10.3. The Morgan fingerprint density at radius 1 is 0.793 bits per heavy atom. The second-order valence-electron chi connectivity index (χ2n) is 7.86. The van der Waals surface area contributed by atoms with Crippen LogP contribution in [0.25, 0.3) is 5.57 Å². The Hall–Kier alpha value is -2.64. The molecule has 0 unspecified atom stereocenters. The van der Waals surface area contributed by atoms with Crippen molar-refractivity contribution in [3.05, 3.63) is 113 Å². The van der Waals surface area contributed by atoms with Crippen LogP contribution in [0.3, 0.4) is 0 Å². The first kappa shape index (κ1) is 19.7. The fraction of sp³-hybridized carbons (Fsp3) is 0.214. The predicted octanol–water partition coefficient (Wildman–Crippen LogP) is 6.12. The summed E-state index contributed by atoms with van der Waals surface area (Å²) in [7, 11) is -1.00. The van der Waals surface area contributed by atoms with Gasteiger partial charge in [-0.05, 0) is 42.9 Å². The Bertz CT molecular complexity index is 973. The van der Waals surface area contributed by atoms with Crippen molar-refractivity contribution in [3.8, 4) is 0 Å². The van der Waals surface area contributed by atoms with Crippen LogP contribution < -0.4 is 10.4 Å². The minimum atomic E-state index is -1.00. The summed E-state index contributed by atoms with van der Waals surface area (Å²) in [6.07, 6.45) is 7.26. The summed E-state index contributed by atoms with van der Waals surface area (Å²) in [5.41, 5.74) is 5.91. The summed E-state index contributed by atoms with van der Waals surface area (Å²) in [5.74, 6) is 0. The first-order chi connectivity index (χ1) is 14.3. The minimum Gasteiger partial charge on any atom is -0.0800 e. The molecule has 0 amide bonds. The Morgan fingerprint density at radius 3 is 2.03 bits per heavy atom. The van der Waals surface area contributed by atoms with Crippen molar-refractivity contribution in [1.82, 2.24) is 0 Å². The Balaban J connectivity index is 1.83. The molecular formula is C28H29Si. The normalized spacial score (nSPS) is 13.8. The molecule has 0 N–H and O–H groups in total. The van der Waals surface area contributed by atoms with Gasteiger partial charge in [-0.3, -0.25) is 0 Å². The van der Waals surface area contributed by atoms with E-state index in [1.165, 1.54) is 40.8 Å². The molecule has 4 rings (SSSR count). The van der Waals surface area contributed by atoms with Crippen molar-refractivity contribution < 1.29 is 0 Å². The number of hydrogen-bond acceptors (Lipinski definition) is 0. The van der Waals surface area contributed by atoms with Crippen molar-refractivity contribution in [2.75, 3.05) is 0 Å². The van der Waals surface area contributed by atoms with Gasteiger partial charge in [0.1, 0.15) is 0 Å². The van der Waals surface area contributed by atoms with Crippen molar-refractivity contribution in [2.24, 2.45) is 0 Å². The Labute approximate surface area is 177 Å². The van der Waals surface area contributed by atoms with Gasteiger partial charge >= 0.3 is 0 Å². The average molecular weight is 394 g/mol. The summed E-state index contributed by atoms with van der Waals surface area (Å²) < 4.78 is 0. The van der Waals surface area contributed by atoms with Crippen LogP contribution in [0.2, 0.25) is 0 Å². The molecule has 145 valence electrons. The summed E-state index contributed by atoms with van der Waals surface area (Å²) in [5, 5.41) is 4.57. The lowest BCUT2D eigenvalue weighted by Crippen LogP contribution is -2.44. The topological polar surface area (TPSA) is 0 Å². The summed E-state index contributed by atoms with van der Waals surface area (Å²) in [6.45, 7) is 4.49. The van der Waals surface area contributed by atoms with Gasteiger partial charge in [0.05, 0.1) is 0 Å². The number of hydrogen-bond donors (Lipinski definition) is 0. The van der Waals surface area contributed by atoms with Crippen molar-refractivity contribution in [2.45, 2.75) is 39.5 Å². The number of rotatable bonds is 7. The Morgan fingerprint density at radius 2 is 1.45 bits per heavy atom. The first-order valence-corrected chi connectivity index (χ1v) is 12.3. The molecule has 0 nitrogen and oxygen atoms in total. The molecule has 3 aromatic carbocycles. The van der Waals surface area contributed by atoms with E-state index in [-0.39, 0.29) is 0 Å². The van der Waals surface area contributed by atoms with Crippen LogP contribution in [0, 0.1) is 6.92 Å². The van der Waals surface area contributed by atoms with Crippen molar-refractivity contribution in [3.63, 3.8) is 0 Å². The largest absolute Gasteiger partial charge is 0.154 e. The molecule has 29 heavy (non-hydrogen) atoms. The van der Waals surface area contributed by atoms with Gasteiger partial charge < -0.3 is 0 Å². The quantitative estimate of drug-likeness (QED) is 0.424. The smallest absolute Gasteiger partial charge is 0.0800 e. The second kappa shape index (κ2) is 9.24. The lowest BCUT2D eigenvalue weighted by molar-refractivity contribution is 0.798. The number of unbranched alkanes of at least 4 members (excludes halogenated alkanes) is 1. The third-order valence-electron chi connectivity index (χ3n) is 5.74. The van der Waals surface area contributed by atoms with Gasteiger partial charge in [-0.25, -0.2) is 0 Å². The zero-order valence-electron chi connectivity index (χ0n) is 17.5. The van der Waals surface area contributed by atoms with E-state index in [0.717, 1.165) is 6.42 Å². The van der Waals surface area contributed by atoms with E-state index in [1.54, 1.807) is 16.3 Å². The molecule has 1 heteroatoms. The minimum absolute atomic E-state index is 1.00. The maximum absolute atomic E-state index is 2.54. The molecular weight excluding hydrogens is 364 g/mol. The van der Waals surface area contributed by atoms with Crippen molar-refractivity contribution in [1.29, 1.82) is 0 Å². The third kappa shape index (κ3) is 4.36. The van der Waals surface area contributed by atoms with Crippen molar-refractivity contribution >= 4 is 24.7 Å². The van der Waals surface area contributed by atoms with Gasteiger partial charge in [-0.15, -0.1) is 0 Å². The van der Waals surface area contributed by atoms with Gasteiger partial charge in [0.25, 0.3) is 0 Å². The molecule has 0 atom stereocenters. The molecule has 0 bridgehead atoms. The molecule has 0 heterocycles. The lowest BCUT2D eigenvalue weighted by atomic mass is 9.97. The number of allylic oxidation sites excluding steroid dienone is 4. The summed E-state index contributed by atoms with van der Waals surface area (Å²) in [4.78, 5) is 0. The molecule has 1 aliphatic carbocycles. The van der Waals surface area contributed by atoms with E-state index in [2.05, 4.69) is 105 Å². The third-order valence-corrected chi connectivity index (χ3v) is 8.61. The van der Waals surface area contributed by atoms with Gasteiger partial charge in [-0.2, -0.15) is 0 Å². The molecule has 1 aliphatic rings. The first-order valence-electron chi connectivity index (χ1n) is 10.8. The van der Waals surface area contributed by atoms with Crippen LogP contribution in [0.15, 0.2) is 102 Å². The highest BCUT2D eigenvalue weighted by atomic mass is 28.3. The van der Waals surface area contributed by atoms with E-state index >= 15 is 0 Å². The van der Waals surface area contributed by atoms with Crippen LogP contribution >= 0.6 is 0 Å². The SMILES string of the molecule is CCCCC1=C(c2cccc(C)c2)CC=C1[Si](c1ccccc1)c1ccccc1. The van der Waals surface area contributed by atoms with Gasteiger partial charge in [0, 0.05) is 0 Å². The van der Waals surface area contributed by atoms with Gasteiger partial charge in [-0.1, -0.05) is 125 Å². The highest BCUT2D eigenvalue weighted by Crippen LogP contribution is 2.37. The molecule has 0 aromatic heterocycles. The van der Waals surface area contributed by atoms with Crippen LogP contribution in [0.1, 0.15) is 43.7 Å². The lowest BCUT2D eigenvalue weighted by Gasteiger charge is -2.21. The maximum atomic E-state index is 2.54. The number of benzene rings is 3. The van der Waals surface area contributed by atoms with E-state index in [0.29, 0.717) is 0 Å². The molecule has 0 spiro atoms. The fourth-order valence-corrected chi connectivity index (χ4v) is 7.21. The summed E-state index contributed by atoms with van der Waals surface area (Å²) in [6, 6.07) is 31.4. The van der Waals surface area contributed by atoms with E-state index in [1.807, 2.05) is 0 Å². The summed E-state index contributed by atoms with van der Waals surface area (Å²) >= 11 is 0. The van der Waals surface area contributed by atoms with E-state index < -0.39 is 8.80 Å². The fourth-order valence-electron chi connectivity index (χ4n) is 4.32. The molecule has 0 aliphatic heterocycles. The maximum Gasteiger partial charge on any atom is 0.154 e. The standard InChI is InChI=1S/C28H29Si/c1-3-4-18-27-26(23-13-11-12-22(2)21-23)19-20-28(27)29(24-14-7-5-8-15-24)25-16-9-6-10-17-25/h5-17,20-21H,3-4,18-19H2,1-2H3. The predicted molar refractivity (Wildman–Crippen MR) is 128 cm³/mol. The molecule has 0 saturated heterocycles. The average Bonchev–Trinajstić information content (AvgIpc) is 3.17. The van der Waals surface area contributed by atoms with E-state index in [9.17, 15) is 0 Å². The van der Waals surface area contributed by atoms with Gasteiger partial charge in [0.2, 0.25) is 0 Å². The van der Waals surface area contributed by atoms with Gasteiger partial charge in [0.15, 0.2) is 8.80 Å². The zero-order chi connectivity index (χ0) is 20.1. The monoisotopic (exact) mass is 393 g/mol. The van der Waals surface area contributed by atoms with Crippen LogP contribution in [-0.2, 0) is 0 Å².